The van der Waals surface area contributed by atoms with Gasteiger partial charge in [0.2, 0.25) is 0 Å². The first kappa shape index (κ1) is 10.4. The molecule has 3 heteroatoms. The molecular weight excluding hydrogens is 182 g/mol. The van der Waals surface area contributed by atoms with Crippen molar-refractivity contribution in [3.05, 3.63) is 21.9 Å². The minimum absolute atomic E-state index is 0.532. The molecule has 0 N–H and O–H groups in total. The Hall–Kier alpha value is -0.670. The van der Waals surface area contributed by atoms with Gasteiger partial charge in [-0.05, 0) is 37.4 Å². The number of carbonyl (C=O) groups excluding carboxylic acids is 1. The van der Waals surface area contributed by atoms with Crippen molar-refractivity contribution >= 4 is 17.6 Å². The molecule has 0 atom stereocenters. The summed E-state index contributed by atoms with van der Waals surface area (Å²) < 4.78 is 0. The van der Waals surface area contributed by atoms with Crippen LogP contribution in [0.1, 0.15) is 10.4 Å². The van der Waals surface area contributed by atoms with Crippen molar-refractivity contribution in [3.8, 4) is 0 Å². The number of hydrogen-bond acceptors (Lipinski definition) is 3. The van der Waals surface area contributed by atoms with Crippen molar-refractivity contribution in [2.45, 2.75) is 13.3 Å². The molecular formula is C10H15NOS. The van der Waals surface area contributed by atoms with Gasteiger partial charge < -0.3 is 4.79 Å². The van der Waals surface area contributed by atoms with Crippen molar-refractivity contribution < 1.29 is 4.79 Å². The van der Waals surface area contributed by atoms with Gasteiger partial charge in [-0.25, -0.2) is 0 Å². The molecule has 0 radical (unpaired) electrons. The highest BCUT2D eigenvalue weighted by atomic mass is 32.1. The minimum atomic E-state index is 0.532. The highest BCUT2D eigenvalue weighted by molar-refractivity contribution is 7.10. The SMILES string of the molecule is Cc1ccsc1CCN(C)CC=O. The van der Waals surface area contributed by atoms with Crippen LogP contribution < -0.4 is 0 Å². The maximum atomic E-state index is 10.2. The molecule has 0 fully saturated rings. The zero-order valence-electron chi connectivity index (χ0n) is 8.12. The molecule has 0 amide bonds. The molecule has 13 heavy (non-hydrogen) atoms. The van der Waals surface area contributed by atoms with E-state index in [1.165, 1.54) is 10.4 Å². The van der Waals surface area contributed by atoms with Gasteiger partial charge in [-0.15, -0.1) is 11.3 Å². The second-order valence-electron chi connectivity index (χ2n) is 3.21. The largest absolute Gasteiger partial charge is 0.302 e. The fraction of sp³-hybridized carbons (Fsp3) is 0.500. The van der Waals surface area contributed by atoms with Crippen molar-refractivity contribution in [1.82, 2.24) is 4.90 Å². The monoisotopic (exact) mass is 197 g/mol. The summed E-state index contributed by atoms with van der Waals surface area (Å²) in [6.07, 6.45) is 2.00. The predicted octanol–water partition coefficient (Wildman–Crippen LogP) is 1.73. The number of nitrogens with zero attached hydrogens (tertiary/aromatic N) is 1. The van der Waals surface area contributed by atoms with E-state index in [0.717, 1.165) is 19.3 Å². The molecule has 0 unspecified atom stereocenters. The second-order valence-corrected chi connectivity index (χ2v) is 4.21. The molecule has 2 nitrogen and oxygen atoms in total. The Morgan fingerprint density at radius 3 is 2.92 bits per heavy atom. The Balaban J connectivity index is 2.34. The van der Waals surface area contributed by atoms with E-state index >= 15 is 0 Å². The lowest BCUT2D eigenvalue weighted by Gasteiger charge is -2.11. The van der Waals surface area contributed by atoms with Gasteiger partial charge in [0.1, 0.15) is 6.29 Å². The number of thiophene rings is 1. The van der Waals surface area contributed by atoms with Gasteiger partial charge in [-0.2, -0.15) is 0 Å². The zero-order chi connectivity index (χ0) is 9.68. The summed E-state index contributed by atoms with van der Waals surface area (Å²) in [4.78, 5) is 13.7. The molecule has 0 spiro atoms. The molecule has 0 saturated carbocycles. The molecule has 72 valence electrons. The molecule has 1 rings (SSSR count). The van der Waals surface area contributed by atoms with Crippen molar-refractivity contribution in [2.24, 2.45) is 0 Å². The Labute approximate surface area is 83.2 Å². The van der Waals surface area contributed by atoms with E-state index in [2.05, 4.69) is 18.4 Å². The first-order valence-electron chi connectivity index (χ1n) is 4.39. The fourth-order valence-electron chi connectivity index (χ4n) is 1.17. The van der Waals surface area contributed by atoms with Gasteiger partial charge in [-0.3, -0.25) is 4.90 Å². The van der Waals surface area contributed by atoms with E-state index < -0.39 is 0 Å². The molecule has 0 aliphatic rings. The summed E-state index contributed by atoms with van der Waals surface area (Å²) in [5.74, 6) is 0. The Morgan fingerprint density at radius 2 is 2.38 bits per heavy atom. The lowest BCUT2D eigenvalue weighted by molar-refractivity contribution is -0.108. The number of rotatable bonds is 5. The van der Waals surface area contributed by atoms with Crippen molar-refractivity contribution in [2.75, 3.05) is 20.1 Å². The summed E-state index contributed by atoms with van der Waals surface area (Å²) in [6, 6.07) is 2.14. The molecule has 1 aromatic rings. The number of carbonyl (C=O) groups is 1. The van der Waals surface area contributed by atoms with E-state index in [1.807, 2.05) is 11.9 Å². The Morgan fingerprint density at radius 1 is 1.62 bits per heavy atom. The lowest BCUT2D eigenvalue weighted by atomic mass is 10.2. The van der Waals surface area contributed by atoms with Crippen LogP contribution >= 0.6 is 11.3 Å². The highest BCUT2D eigenvalue weighted by Crippen LogP contribution is 2.15. The Kier molecular flexibility index (Phi) is 4.12. The second kappa shape index (κ2) is 5.14. The number of likely N-dealkylation sites (N-methyl/N-ethyl adjacent to an activating group) is 1. The highest BCUT2D eigenvalue weighted by Gasteiger charge is 2.01. The van der Waals surface area contributed by atoms with Crippen LogP contribution in [0.4, 0.5) is 0 Å². The van der Waals surface area contributed by atoms with Crippen LogP contribution in [0.2, 0.25) is 0 Å². The van der Waals surface area contributed by atoms with Crippen LogP contribution in [0.5, 0.6) is 0 Å². The van der Waals surface area contributed by atoms with Gasteiger partial charge in [0.05, 0.1) is 6.54 Å². The standard InChI is InChI=1S/C10H15NOS/c1-9-4-8-13-10(9)3-5-11(2)6-7-12/h4,7-8H,3,5-6H2,1-2H3. The third-order valence-corrected chi connectivity index (χ3v) is 3.16. The van der Waals surface area contributed by atoms with Crippen LogP contribution in [0.15, 0.2) is 11.4 Å². The fourth-order valence-corrected chi connectivity index (χ4v) is 2.07. The molecule has 0 bridgehead atoms. The summed E-state index contributed by atoms with van der Waals surface area (Å²) in [5, 5.41) is 2.12. The average molecular weight is 197 g/mol. The quantitative estimate of drug-likeness (QED) is 0.670. The zero-order valence-corrected chi connectivity index (χ0v) is 8.93. The topological polar surface area (TPSA) is 20.3 Å². The maximum Gasteiger partial charge on any atom is 0.133 e. The lowest BCUT2D eigenvalue weighted by Crippen LogP contribution is -2.23. The summed E-state index contributed by atoms with van der Waals surface area (Å²) in [5.41, 5.74) is 1.37. The van der Waals surface area contributed by atoms with Gasteiger partial charge >= 0.3 is 0 Å². The van der Waals surface area contributed by atoms with Crippen LogP contribution in [-0.4, -0.2) is 31.3 Å². The van der Waals surface area contributed by atoms with Crippen molar-refractivity contribution in [3.63, 3.8) is 0 Å². The number of aryl methyl sites for hydroxylation is 1. The Bertz CT molecular complexity index is 270. The maximum absolute atomic E-state index is 10.2. The normalized spacial score (nSPS) is 10.7. The van der Waals surface area contributed by atoms with Gasteiger partial charge in [0.15, 0.2) is 0 Å². The predicted molar refractivity (Wildman–Crippen MR) is 56.3 cm³/mol. The van der Waals surface area contributed by atoms with Crippen LogP contribution in [0.3, 0.4) is 0 Å². The molecule has 0 aromatic carbocycles. The molecule has 0 aliphatic carbocycles. The first-order valence-corrected chi connectivity index (χ1v) is 5.27. The van der Waals surface area contributed by atoms with E-state index in [1.54, 1.807) is 11.3 Å². The van der Waals surface area contributed by atoms with E-state index in [0.29, 0.717) is 6.54 Å². The van der Waals surface area contributed by atoms with E-state index in [-0.39, 0.29) is 0 Å². The molecule has 1 aromatic heterocycles. The van der Waals surface area contributed by atoms with Crippen LogP contribution in [-0.2, 0) is 11.2 Å². The van der Waals surface area contributed by atoms with E-state index in [9.17, 15) is 4.79 Å². The first-order chi connectivity index (χ1) is 6.24. The van der Waals surface area contributed by atoms with Crippen molar-refractivity contribution in [1.29, 1.82) is 0 Å². The number of hydrogen-bond donors (Lipinski definition) is 0. The van der Waals surface area contributed by atoms with Gasteiger partial charge in [0, 0.05) is 11.4 Å². The summed E-state index contributed by atoms with van der Waals surface area (Å²) in [7, 11) is 1.97. The van der Waals surface area contributed by atoms with Gasteiger partial charge in [0.25, 0.3) is 0 Å². The van der Waals surface area contributed by atoms with Crippen LogP contribution in [0, 0.1) is 6.92 Å². The molecule has 0 aliphatic heterocycles. The average Bonchev–Trinajstić information content (AvgIpc) is 2.48. The van der Waals surface area contributed by atoms with E-state index in [4.69, 9.17) is 0 Å². The van der Waals surface area contributed by atoms with Gasteiger partial charge in [-0.1, -0.05) is 0 Å². The summed E-state index contributed by atoms with van der Waals surface area (Å²) in [6.45, 7) is 3.62. The third-order valence-electron chi connectivity index (χ3n) is 2.07. The summed E-state index contributed by atoms with van der Waals surface area (Å²) >= 11 is 1.79. The molecule has 1 heterocycles. The molecule has 0 saturated heterocycles. The van der Waals surface area contributed by atoms with Crippen LogP contribution in [0.25, 0.3) is 0 Å². The number of aldehydes is 1. The minimum Gasteiger partial charge on any atom is -0.302 e. The smallest absolute Gasteiger partial charge is 0.133 e. The third kappa shape index (κ3) is 3.28.